The molecule has 0 spiro atoms. The molecule has 0 radical (unpaired) electrons. The van der Waals surface area contributed by atoms with Crippen LogP contribution in [-0.4, -0.2) is 26.2 Å². The van der Waals surface area contributed by atoms with E-state index in [0.29, 0.717) is 5.75 Å². The summed E-state index contributed by atoms with van der Waals surface area (Å²) in [4.78, 5) is 0. The molecule has 1 aromatic rings. The number of quaternary nitrogens is 1. The molecule has 11 heavy (non-hydrogen) atoms. The molecule has 0 aliphatic rings. The van der Waals surface area contributed by atoms with Gasteiger partial charge in [0.1, 0.15) is 11.4 Å². The van der Waals surface area contributed by atoms with Crippen molar-refractivity contribution in [1.82, 2.24) is 4.48 Å². The molecule has 1 N–H and O–H groups in total. The maximum Gasteiger partial charge on any atom is 0.135 e. The minimum absolute atomic E-state index is 0.329. The fraction of sp³-hybridized carbons (Fsp3) is 0.333. The first-order chi connectivity index (χ1) is 5.00. The van der Waals surface area contributed by atoms with Gasteiger partial charge in [-0.15, -0.1) is 0 Å². The molecule has 60 valence electrons. The minimum Gasteiger partial charge on any atom is -0.508 e. The van der Waals surface area contributed by atoms with Crippen LogP contribution in [0.4, 0.5) is 5.69 Å². The number of benzene rings is 1. The highest BCUT2D eigenvalue weighted by Crippen LogP contribution is 2.21. The van der Waals surface area contributed by atoms with E-state index in [1.807, 2.05) is 12.1 Å². The van der Waals surface area contributed by atoms with Crippen LogP contribution >= 0.6 is 0 Å². The number of phenols is 1. The summed E-state index contributed by atoms with van der Waals surface area (Å²) in [5, 5.41) is 9.17. The maximum absolute atomic E-state index is 9.17. The third-order valence-corrected chi connectivity index (χ3v) is 1.60. The van der Waals surface area contributed by atoms with Crippen LogP contribution in [0.25, 0.3) is 0 Å². The van der Waals surface area contributed by atoms with Crippen LogP contribution in [-0.2, 0) is 0 Å². The van der Waals surface area contributed by atoms with Gasteiger partial charge in [-0.3, -0.25) is 4.48 Å². The van der Waals surface area contributed by atoms with Gasteiger partial charge >= 0.3 is 0 Å². The molecule has 2 nitrogen and oxygen atoms in total. The van der Waals surface area contributed by atoms with Gasteiger partial charge in [-0.2, -0.15) is 0 Å². The SMILES string of the molecule is C[N+](C)(C)c1cccc(O)c1. The van der Waals surface area contributed by atoms with Gasteiger partial charge in [-0.1, -0.05) is 6.07 Å². The topological polar surface area (TPSA) is 20.2 Å². The molecule has 0 aliphatic heterocycles. The quantitative estimate of drug-likeness (QED) is 0.606. The fourth-order valence-corrected chi connectivity index (χ4v) is 0.910. The summed E-state index contributed by atoms with van der Waals surface area (Å²) in [7, 11) is 6.19. The summed E-state index contributed by atoms with van der Waals surface area (Å²) in [5.41, 5.74) is 1.10. The van der Waals surface area contributed by atoms with Crippen LogP contribution in [0.2, 0.25) is 0 Å². The van der Waals surface area contributed by atoms with E-state index in [9.17, 15) is 0 Å². The largest absolute Gasteiger partial charge is 0.508 e. The third-order valence-electron chi connectivity index (χ3n) is 1.60. The molecular formula is C9H14NO+. The average molecular weight is 152 g/mol. The van der Waals surface area contributed by atoms with E-state index < -0.39 is 0 Å². The van der Waals surface area contributed by atoms with E-state index in [-0.39, 0.29) is 0 Å². The number of aromatic hydroxyl groups is 1. The van der Waals surface area contributed by atoms with Gasteiger partial charge in [-0.05, 0) is 12.1 Å². The van der Waals surface area contributed by atoms with Crippen molar-refractivity contribution >= 4 is 5.69 Å². The van der Waals surface area contributed by atoms with Gasteiger partial charge < -0.3 is 5.11 Å². The van der Waals surface area contributed by atoms with Gasteiger partial charge in [0.05, 0.1) is 21.1 Å². The van der Waals surface area contributed by atoms with Gasteiger partial charge in [0, 0.05) is 6.07 Å². The molecule has 0 saturated heterocycles. The second-order valence-corrected chi connectivity index (χ2v) is 3.53. The fourth-order valence-electron chi connectivity index (χ4n) is 0.910. The van der Waals surface area contributed by atoms with Crippen molar-refractivity contribution in [2.45, 2.75) is 0 Å². The summed E-state index contributed by atoms with van der Waals surface area (Å²) in [6.45, 7) is 0. The Hall–Kier alpha value is -1.02. The van der Waals surface area contributed by atoms with Crippen molar-refractivity contribution in [1.29, 1.82) is 0 Å². The Morgan fingerprint density at radius 2 is 1.82 bits per heavy atom. The molecule has 1 rings (SSSR count). The van der Waals surface area contributed by atoms with Gasteiger partial charge in [0.15, 0.2) is 0 Å². The normalized spacial score (nSPS) is 11.5. The van der Waals surface area contributed by atoms with Crippen molar-refractivity contribution in [3.05, 3.63) is 24.3 Å². The van der Waals surface area contributed by atoms with Crippen LogP contribution < -0.4 is 4.48 Å². The van der Waals surface area contributed by atoms with E-state index in [1.165, 1.54) is 0 Å². The van der Waals surface area contributed by atoms with E-state index in [4.69, 9.17) is 5.11 Å². The molecular weight excluding hydrogens is 138 g/mol. The van der Waals surface area contributed by atoms with Crippen molar-refractivity contribution in [2.75, 3.05) is 21.1 Å². The van der Waals surface area contributed by atoms with Crippen molar-refractivity contribution in [3.63, 3.8) is 0 Å². The zero-order valence-corrected chi connectivity index (χ0v) is 7.20. The standard InChI is InChI=1S/C9H13NO/c1-10(2,3)8-5-4-6-9(11)7-8/h4-7H,1-3H3/p+1. The van der Waals surface area contributed by atoms with Crippen molar-refractivity contribution in [2.24, 2.45) is 0 Å². The van der Waals surface area contributed by atoms with Crippen LogP contribution in [0, 0.1) is 0 Å². The highest BCUT2D eigenvalue weighted by Gasteiger charge is 2.11. The van der Waals surface area contributed by atoms with Gasteiger partial charge in [0.2, 0.25) is 0 Å². The van der Waals surface area contributed by atoms with Crippen LogP contribution in [0.5, 0.6) is 5.75 Å². The molecule has 2 heteroatoms. The maximum atomic E-state index is 9.17. The van der Waals surface area contributed by atoms with Crippen molar-refractivity contribution < 1.29 is 5.11 Å². The minimum atomic E-state index is 0.329. The molecule has 0 amide bonds. The molecule has 0 heterocycles. The lowest BCUT2D eigenvalue weighted by Gasteiger charge is -2.23. The zero-order valence-electron chi connectivity index (χ0n) is 7.20. The molecule has 0 saturated carbocycles. The second-order valence-electron chi connectivity index (χ2n) is 3.53. The average Bonchev–Trinajstić information content (AvgIpc) is 1.86. The zero-order chi connectivity index (χ0) is 8.48. The number of phenolic OH excluding ortho intramolecular Hbond substituents is 1. The summed E-state index contributed by atoms with van der Waals surface area (Å²) in [6, 6.07) is 7.31. The first-order valence-corrected chi connectivity index (χ1v) is 3.61. The van der Waals surface area contributed by atoms with Crippen molar-refractivity contribution in [3.8, 4) is 5.75 Å². The van der Waals surface area contributed by atoms with Crippen LogP contribution in [0.1, 0.15) is 0 Å². The number of nitrogens with zero attached hydrogens (tertiary/aromatic N) is 1. The van der Waals surface area contributed by atoms with E-state index in [1.54, 1.807) is 12.1 Å². The summed E-state index contributed by atoms with van der Waals surface area (Å²) >= 11 is 0. The first-order valence-electron chi connectivity index (χ1n) is 3.61. The summed E-state index contributed by atoms with van der Waals surface area (Å²) in [5.74, 6) is 0.329. The third kappa shape index (κ3) is 1.95. The lowest BCUT2D eigenvalue weighted by molar-refractivity contribution is 0.460. The van der Waals surface area contributed by atoms with E-state index in [0.717, 1.165) is 10.2 Å². The Labute approximate surface area is 67.3 Å². The second kappa shape index (κ2) is 2.55. The highest BCUT2D eigenvalue weighted by molar-refractivity contribution is 5.45. The Bertz CT molecular complexity index is 250. The Balaban J connectivity index is 3.06. The predicted molar refractivity (Wildman–Crippen MR) is 47.7 cm³/mol. The first kappa shape index (κ1) is 8.08. The predicted octanol–water partition coefficient (Wildman–Crippen LogP) is 1.59. The molecule has 1 aromatic carbocycles. The van der Waals surface area contributed by atoms with Gasteiger partial charge in [-0.25, -0.2) is 0 Å². The van der Waals surface area contributed by atoms with Crippen LogP contribution in [0.3, 0.4) is 0 Å². The van der Waals surface area contributed by atoms with Crippen LogP contribution in [0.15, 0.2) is 24.3 Å². The lowest BCUT2D eigenvalue weighted by atomic mass is 10.2. The molecule has 0 fully saturated rings. The van der Waals surface area contributed by atoms with Gasteiger partial charge in [0.25, 0.3) is 0 Å². The molecule has 0 atom stereocenters. The van der Waals surface area contributed by atoms with E-state index in [2.05, 4.69) is 21.1 Å². The number of hydrogen-bond acceptors (Lipinski definition) is 1. The number of rotatable bonds is 1. The smallest absolute Gasteiger partial charge is 0.135 e. The Kier molecular flexibility index (Phi) is 1.87. The molecule has 0 bridgehead atoms. The molecule has 0 unspecified atom stereocenters. The van der Waals surface area contributed by atoms with E-state index >= 15 is 0 Å². The number of hydrogen-bond donors (Lipinski definition) is 1. The molecule has 0 aliphatic carbocycles. The highest BCUT2D eigenvalue weighted by atomic mass is 16.3. The monoisotopic (exact) mass is 152 g/mol. The Morgan fingerprint density at radius 1 is 1.18 bits per heavy atom. The summed E-state index contributed by atoms with van der Waals surface area (Å²) in [6.07, 6.45) is 0. The summed E-state index contributed by atoms with van der Waals surface area (Å²) < 4.78 is 0.731. The lowest BCUT2D eigenvalue weighted by Crippen LogP contribution is -2.34. The Morgan fingerprint density at radius 3 is 2.18 bits per heavy atom. The molecule has 0 aromatic heterocycles.